The summed E-state index contributed by atoms with van der Waals surface area (Å²) in [5, 5.41) is 8.40. The van der Waals surface area contributed by atoms with Crippen molar-refractivity contribution in [1.82, 2.24) is 19.5 Å². The number of aromatic nitrogens is 4. The molecule has 0 aliphatic heterocycles. The maximum Gasteiger partial charge on any atom is 0.113 e. The Morgan fingerprint density at radius 2 is 1.48 bits per heavy atom. The largest absolute Gasteiger partial charge is 0.333 e. The molecule has 0 saturated heterocycles. The van der Waals surface area contributed by atoms with Crippen molar-refractivity contribution in [3.05, 3.63) is 187 Å². The number of benzene rings is 7. The quantitative estimate of drug-likeness (QED) is 0.0947. The van der Waals surface area contributed by atoms with Crippen LogP contribution in [-0.2, 0) is 20.1 Å². The molecule has 64 heavy (non-hydrogen) atoms. The van der Waals surface area contributed by atoms with Gasteiger partial charge in [0.15, 0.2) is 0 Å². The Hall–Kier alpha value is -6.15. The fourth-order valence-electron chi connectivity index (χ4n) is 8.57. The van der Waals surface area contributed by atoms with Crippen molar-refractivity contribution in [3.8, 4) is 39.5 Å². The molecule has 8 heteroatoms. The molecule has 0 fully saturated rings. The summed E-state index contributed by atoms with van der Waals surface area (Å²) in [7, 11) is -1.57. The number of rotatable bonds is 6. The van der Waals surface area contributed by atoms with Gasteiger partial charge in [0.25, 0.3) is 0 Å². The molecule has 0 aliphatic carbocycles. The van der Waals surface area contributed by atoms with Crippen LogP contribution in [0.2, 0.25) is 19.6 Å². The van der Waals surface area contributed by atoms with Gasteiger partial charge in [-0.1, -0.05) is 147 Å². The fraction of sp³-hybridized carbons (Fsp3) is 0.125. The van der Waals surface area contributed by atoms with Crippen LogP contribution in [0.15, 0.2) is 158 Å². The Bertz CT molecular complexity index is 3560. The number of hydrogen-bond donors (Lipinski definition) is 0. The van der Waals surface area contributed by atoms with Crippen molar-refractivity contribution in [2.75, 3.05) is 0 Å². The molecule has 1 radical (unpaired) electrons. The van der Waals surface area contributed by atoms with E-state index >= 15 is 0 Å². The van der Waals surface area contributed by atoms with Crippen LogP contribution in [0.25, 0.3) is 92.3 Å². The van der Waals surface area contributed by atoms with Gasteiger partial charge in [-0.15, -0.1) is 48.0 Å². The number of fused-ring (bicyclic) bond motifs is 8. The molecule has 4 nitrogen and oxygen atoms in total. The number of pyridine rings is 2. The van der Waals surface area contributed by atoms with E-state index in [1.54, 1.807) is 17.4 Å². The van der Waals surface area contributed by atoms with Crippen molar-refractivity contribution in [3.63, 3.8) is 0 Å². The van der Waals surface area contributed by atoms with E-state index in [1.807, 2.05) is 39.1 Å². The molecule has 0 atom stereocenters. The molecule has 4 heterocycles. The number of hydrogen-bond acceptors (Lipinski definition) is 4. The van der Waals surface area contributed by atoms with Gasteiger partial charge in [0.2, 0.25) is 0 Å². The van der Waals surface area contributed by atoms with Gasteiger partial charge in [-0.2, -0.15) is 11.3 Å². The number of imidazole rings is 1. The summed E-state index contributed by atoms with van der Waals surface area (Å²) < 4.78 is 24.9. The zero-order chi connectivity index (χ0) is 44.3. The van der Waals surface area contributed by atoms with E-state index < -0.39 is 14.0 Å². The van der Waals surface area contributed by atoms with Crippen LogP contribution in [0.1, 0.15) is 32.4 Å². The van der Waals surface area contributed by atoms with Crippen LogP contribution in [0.3, 0.4) is 0 Å². The van der Waals surface area contributed by atoms with Gasteiger partial charge >= 0.3 is 0 Å². The van der Waals surface area contributed by atoms with Crippen molar-refractivity contribution < 1.29 is 25.9 Å². The third-order valence-corrected chi connectivity index (χ3v) is 14.9. The van der Waals surface area contributed by atoms with Crippen molar-refractivity contribution in [2.45, 2.75) is 46.3 Å². The summed E-state index contributed by atoms with van der Waals surface area (Å²) in [5.41, 5.74) is 10.0. The number of aryl methyl sites for hydroxylation is 1. The first-order valence-electron chi connectivity index (χ1n) is 21.7. The second-order valence-corrected chi connectivity index (χ2v) is 23.3. The third-order valence-electron chi connectivity index (χ3n) is 11.7. The number of halogens is 1. The van der Waals surface area contributed by atoms with Crippen molar-refractivity contribution in [2.24, 2.45) is 0 Å². The molecule has 11 rings (SSSR count). The number of nitrogens with zero attached hydrogens (tertiary/aromatic N) is 4. The van der Waals surface area contributed by atoms with E-state index in [1.165, 1.54) is 55.4 Å². The molecule has 11 aromatic rings. The molecule has 7 aromatic carbocycles. The maximum atomic E-state index is 13.0. The molecule has 0 unspecified atom stereocenters. The van der Waals surface area contributed by atoms with Crippen LogP contribution in [0.4, 0.5) is 4.39 Å². The van der Waals surface area contributed by atoms with E-state index in [0.29, 0.717) is 0 Å². The van der Waals surface area contributed by atoms with E-state index in [4.69, 9.17) is 11.3 Å². The van der Waals surface area contributed by atoms with Gasteiger partial charge < -0.3 is 9.55 Å². The Morgan fingerprint density at radius 1 is 0.719 bits per heavy atom. The molecule has 0 saturated carbocycles. The topological polar surface area (TPSA) is 43.6 Å². The zero-order valence-corrected chi connectivity index (χ0v) is 40.6. The van der Waals surface area contributed by atoms with Gasteiger partial charge in [-0.25, -0.2) is 4.98 Å². The second kappa shape index (κ2) is 17.4. The molecule has 0 N–H and O–H groups in total. The molecule has 4 aromatic heterocycles. The first kappa shape index (κ1) is 41.8. The molecule has 0 bridgehead atoms. The summed E-state index contributed by atoms with van der Waals surface area (Å²) in [4.78, 5) is 15.9. The fourth-order valence-corrected chi connectivity index (χ4v) is 11.4. The predicted molar refractivity (Wildman–Crippen MR) is 267 cm³/mol. The maximum absolute atomic E-state index is 13.0. The summed E-state index contributed by atoms with van der Waals surface area (Å²) in [6, 6.07) is 58.1. The van der Waals surface area contributed by atoms with Crippen LogP contribution in [-0.4, -0.2) is 27.6 Å². The normalized spacial score (nSPS) is 12.1. The Morgan fingerprint density at radius 3 is 2.27 bits per heavy atom. The van der Waals surface area contributed by atoms with E-state index in [9.17, 15) is 4.39 Å². The van der Waals surface area contributed by atoms with E-state index in [2.05, 4.69) is 163 Å². The Kier molecular flexibility index (Phi) is 11.4. The average molecular weight is 1050 g/mol. The minimum absolute atomic E-state index is 0. The summed E-state index contributed by atoms with van der Waals surface area (Å²) in [5.74, 6) is -0.110. The smallest absolute Gasteiger partial charge is 0.113 e. The van der Waals surface area contributed by atoms with Crippen LogP contribution in [0, 0.1) is 24.9 Å². The molecule has 0 spiro atoms. The van der Waals surface area contributed by atoms with Crippen LogP contribution >= 0.6 is 11.3 Å². The summed E-state index contributed by atoms with van der Waals surface area (Å²) in [6.45, 7) is 12.6. The third kappa shape index (κ3) is 8.01. The second-order valence-electron chi connectivity index (χ2n) is 17.3. The summed E-state index contributed by atoms with van der Waals surface area (Å²) in [6.07, 6.45) is 1.89. The average Bonchev–Trinajstić information content (AvgIpc) is 3.88. The van der Waals surface area contributed by atoms with E-state index in [0.717, 1.165) is 65.5 Å². The van der Waals surface area contributed by atoms with Gasteiger partial charge in [0, 0.05) is 50.3 Å². The van der Waals surface area contributed by atoms with Gasteiger partial charge in [-0.05, 0) is 85.3 Å². The monoisotopic (exact) mass is 1050 g/mol. The van der Waals surface area contributed by atoms with Crippen LogP contribution < -0.4 is 5.19 Å². The molecular formula is C56H45FIrN4SSi-2. The van der Waals surface area contributed by atoms with Crippen molar-refractivity contribution in [1.29, 1.82) is 0 Å². The minimum Gasteiger partial charge on any atom is -0.333 e. The minimum atomic E-state index is -1.57. The van der Waals surface area contributed by atoms with Crippen molar-refractivity contribution >= 4 is 77.5 Å². The predicted octanol–water partition coefficient (Wildman–Crippen LogP) is 14.9. The standard InChI is InChI=1S/C39H24N3S.C17H21FNSi.Ir/c1-24-17-19-33-32-15-8-16-34(37(32)43-39(33)40-24)38-41-36-31-20-18-26-11-5-6-14-29(26)30(31)21-22-35(36)42(38)28-13-7-12-27(23-28)25-9-3-2-4-10-25;1-12(2)15-10-16(13-6-8-14(18)9-7-13)19-11-17(15)20(3,4)5;/h2-15,17-23H,1H3;6,8-12H,1-5H3;/q2*-1;/i;12D;. The molecule has 0 aliphatic rings. The van der Waals surface area contributed by atoms with E-state index in [-0.39, 0.29) is 25.9 Å². The first-order chi connectivity index (χ1) is 30.8. The van der Waals surface area contributed by atoms with Crippen LogP contribution in [0.5, 0.6) is 0 Å². The molecule has 317 valence electrons. The Labute approximate surface area is 393 Å². The first-order valence-corrected chi connectivity index (χ1v) is 25.5. The molecule has 0 amide bonds. The Balaban J connectivity index is 0.000000206. The SMILES string of the molecule is Cc1ccc2c(n1)sc1c(-c3nc4c5ccc6ccccc6c5ccc4n3-c3cccc(-c4ccccc4)c3)[c-]ccc12.[2H]C(C)(C)c1cc(-c2[c-]cc(F)cc2)ncc1[Si](C)(C)C.[Ir]. The van der Waals surface area contributed by atoms with Gasteiger partial charge in [0.1, 0.15) is 4.83 Å². The van der Waals surface area contributed by atoms with Gasteiger partial charge in [-0.3, -0.25) is 9.37 Å². The summed E-state index contributed by atoms with van der Waals surface area (Å²) >= 11 is 1.72. The zero-order valence-electron chi connectivity index (χ0n) is 37.4. The molecular weight excluding hydrogens is 1000 g/mol. The number of thiophene rings is 1. The van der Waals surface area contributed by atoms with Gasteiger partial charge in [0.05, 0.1) is 24.9 Å².